The van der Waals surface area contributed by atoms with Crippen molar-refractivity contribution >= 4 is 22.9 Å². The Morgan fingerprint density at radius 2 is 2.12 bits per heavy atom. The van der Waals surface area contributed by atoms with Gasteiger partial charge in [0.1, 0.15) is 4.99 Å². The average Bonchev–Trinajstić information content (AvgIpc) is 2.73. The molecule has 17 heavy (non-hydrogen) atoms. The molecule has 0 bridgehead atoms. The second kappa shape index (κ2) is 4.92. The van der Waals surface area contributed by atoms with Crippen molar-refractivity contribution < 1.29 is 4.52 Å². The van der Waals surface area contributed by atoms with Crippen LogP contribution in [0, 0.1) is 6.92 Å². The minimum atomic E-state index is 0.394. The van der Waals surface area contributed by atoms with Crippen LogP contribution in [0.4, 0.5) is 5.69 Å². The molecule has 0 aliphatic rings. The lowest BCUT2D eigenvalue weighted by Crippen LogP contribution is -2.09. The van der Waals surface area contributed by atoms with Gasteiger partial charge in [0.2, 0.25) is 5.89 Å². The molecule has 0 radical (unpaired) electrons. The van der Waals surface area contributed by atoms with E-state index in [0.717, 1.165) is 11.3 Å². The number of hydrogen-bond donors (Lipinski definition) is 2. The third-order valence-corrected chi connectivity index (χ3v) is 2.43. The van der Waals surface area contributed by atoms with Gasteiger partial charge in [-0.1, -0.05) is 17.4 Å². The van der Waals surface area contributed by atoms with Crippen molar-refractivity contribution in [2.75, 3.05) is 5.32 Å². The molecule has 6 heteroatoms. The quantitative estimate of drug-likeness (QED) is 0.801. The highest BCUT2D eigenvalue weighted by molar-refractivity contribution is 7.80. The van der Waals surface area contributed by atoms with Gasteiger partial charge in [0.25, 0.3) is 0 Å². The molecule has 2 aromatic rings. The van der Waals surface area contributed by atoms with E-state index in [2.05, 4.69) is 15.5 Å². The molecule has 0 saturated carbocycles. The first kappa shape index (κ1) is 11.5. The minimum absolute atomic E-state index is 0.394. The van der Waals surface area contributed by atoms with E-state index in [-0.39, 0.29) is 0 Å². The van der Waals surface area contributed by atoms with Crippen molar-refractivity contribution in [3.63, 3.8) is 0 Å². The van der Waals surface area contributed by atoms with Crippen LogP contribution in [0.25, 0.3) is 0 Å². The first-order valence-corrected chi connectivity index (χ1v) is 5.49. The van der Waals surface area contributed by atoms with Gasteiger partial charge >= 0.3 is 0 Å². The summed E-state index contributed by atoms with van der Waals surface area (Å²) in [5.41, 5.74) is 7.31. The van der Waals surface area contributed by atoms with Crippen LogP contribution < -0.4 is 11.1 Å². The maximum Gasteiger partial charge on any atom is 0.223 e. The molecule has 88 valence electrons. The fourth-order valence-corrected chi connectivity index (χ4v) is 1.48. The smallest absolute Gasteiger partial charge is 0.223 e. The van der Waals surface area contributed by atoms with E-state index in [1.165, 1.54) is 0 Å². The lowest BCUT2D eigenvalue weighted by molar-refractivity contribution is 0.388. The molecule has 0 spiro atoms. The number of nitrogens with zero attached hydrogens (tertiary/aromatic N) is 2. The summed E-state index contributed by atoms with van der Waals surface area (Å²) in [6.07, 6.45) is 0. The zero-order chi connectivity index (χ0) is 12.3. The lowest BCUT2D eigenvalue weighted by Gasteiger charge is -2.04. The Hall–Kier alpha value is -1.95. The van der Waals surface area contributed by atoms with Crippen LogP contribution >= 0.6 is 12.2 Å². The number of hydrogen-bond acceptors (Lipinski definition) is 5. The molecule has 1 heterocycles. The number of anilines is 1. The lowest BCUT2D eigenvalue weighted by atomic mass is 10.2. The number of benzene rings is 1. The highest BCUT2D eigenvalue weighted by atomic mass is 32.1. The number of aromatic nitrogens is 2. The monoisotopic (exact) mass is 248 g/mol. The van der Waals surface area contributed by atoms with E-state index in [1.807, 2.05) is 24.3 Å². The van der Waals surface area contributed by atoms with Crippen LogP contribution in [0.5, 0.6) is 0 Å². The fourth-order valence-electron chi connectivity index (χ4n) is 1.35. The highest BCUT2D eigenvalue weighted by Gasteiger charge is 2.02. The summed E-state index contributed by atoms with van der Waals surface area (Å²) in [4.78, 5) is 4.48. The molecule has 1 aromatic carbocycles. The second-order valence-corrected chi connectivity index (χ2v) is 3.96. The Morgan fingerprint density at radius 3 is 2.65 bits per heavy atom. The van der Waals surface area contributed by atoms with Crippen molar-refractivity contribution in [2.24, 2.45) is 5.73 Å². The average molecular weight is 248 g/mol. The number of nitrogens with one attached hydrogen (secondary N) is 1. The SMILES string of the molecule is Cc1nc(CNc2ccc(C(N)=S)cc2)no1. The van der Waals surface area contributed by atoms with Gasteiger partial charge in [-0.3, -0.25) is 0 Å². The van der Waals surface area contributed by atoms with Crippen LogP contribution in [0.1, 0.15) is 17.3 Å². The zero-order valence-electron chi connectivity index (χ0n) is 9.30. The first-order valence-electron chi connectivity index (χ1n) is 5.08. The molecule has 0 amide bonds. The summed E-state index contributed by atoms with van der Waals surface area (Å²) >= 11 is 4.87. The van der Waals surface area contributed by atoms with Crippen molar-refractivity contribution in [1.29, 1.82) is 0 Å². The van der Waals surface area contributed by atoms with Crippen molar-refractivity contribution in [2.45, 2.75) is 13.5 Å². The Balaban J connectivity index is 1.97. The molecule has 0 unspecified atom stereocenters. The van der Waals surface area contributed by atoms with Gasteiger partial charge in [-0.15, -0.1) is 0 Å². The Kier molecular flexibility index (Phi) is 3.34. The van der Waals surface area contributed by atoms with Crippen LogP contribution in [-0.4, -0.2) is 15.1 Å². The van der Waals surface area contributed by atoms with E-state index in [1.54, 1.807) is 6.92 Å². The maximum atomic E-state index is 5.51. The predicted octanol–water partition coefficient (Wildman–Crippen LogP) is 1.62. The van der Waals surface area contributed by atoms with Crippen molar-refractivity contribution in [1.82, 2.24) is 10.1 Å². The van der Waals surface area contributed by atoms with Gasteiger partial charge in [0.15, 0.2) is 5.82 Å². The summed E-state index contributed by atoms with van der Waals surface area (Å²) in [5.74, 6) is 1.19. The van der Waals surface area contributed by atoms with Gasteiger partial charge in [-0.05, 0) is 24.3 Å². The largest absolute Gasteiger partial charge is 0.389 e. The number of thiocarbonyl (C=S) groups is 1. The molecule has 0 saturated heterocycles. The molecule has 2 rings (SSSR count). The minimum Gasteiger partial charge on any atom is -0.389 e. The van der Waals surface area contributed by atoms with Crippen LogP contribution in [-0.2, 0) is 6.54 Å². The molecule has 5 nitrogen and oxygen atoms in total. The summed E-state index contributed by atoms with van der Waals surface area (Å²) < 4.78 is 4.87. The summed E-state index contributed by atoms with van der Waals surface area (Å²) in [6, 6.07) is 7.54. The predicted molar refractivity (Wildman–Crippen MR) is 68.7 cm³/mol. The Morgan fingerprint density at radius 1 is 1.41 bits per heavy atom. The summed E-state index contributed by atoms with van der Waals surface area (Å²) in [6.45, 7) is 2.28. The van der Waals surface area contributed by atoms with Crippen molar-refractivity contribution in [3.05, 3.63) is 41.5 Å². The molecule has 1 aromatic heterocycles. The van der Waals surface area contributed by atoms with E-state index < -0.39 is 0 Å². The van der Waals surface area contributed by atoms with E-state index in [0.29, 0.717) is 23.2 Å². The summed E-state index contributed by atoms with van der Waals surface area (Å²) in [7, 11) is 0. The zero-order valence-corrected chi connectivity index (χ0v) is 10.1. The van der Waals surface area contributed by atoms with Gasteiger partial charge in [0.05, 0.1) is 6.54 Å². The van der Waals surface area contributed by atoms with Gasteiger partial charge in [-0.2, -0.15) is 4.98 Å². The normalized spacial score (nSPS) is 10.2. The molecular weight excluding hydrogens is 236 g/mol. The molecule has 0 aliphatic carbocycles. The van der Waals surface area contributed by atoms with Gasteiger partial charge in [-0.25, -0.2) is 0 Å². The molecule has 0 aliphatic heterocycles. The maximum absolute atomic E-state index is 5.51. The standard InChI is InChI=1S/C11H12N4OS/c1-7-14-10(15-16-7)6-13-9-4-2-8(3-5-9)11(12)17/h2-5,13H,6H2,1H3,(H2,12,17). The third-order valence-electron chi connectivity index (χ3n) is 2.19. The Labute approximate surface area is 104 Å². The fraction of sp³-hybridized carbons (Fsp3) is 0.182. The Bertz CT molecular complexity index is 521. The van der Waals surface area contributed by atoms with E-state index in [4.69, 9.17) is 22.5 Å². The second-order valence-electron chi connectivity index (χ2n) is 3.52. The van der Waals surface area contributed by atoms with Crippen LogP contribution in [0.2, 0.25) is 0 Å². The molecule has 3 N–H and O–H groups in total. The third kappa shape index (κ3) is 3.01. The van der Waals surface area contributed by atoms with E-state index in [9.17, 15) is 0 Å². The van der Waals surface area contributed by atoms with Crippen LogP contribution in [0.3, 0.4) is 0 Å². The summed E-state index contributed by atoms with van der Waals surface area (Å²) in [5, 5.41) is 6.96. The molecule has 0 fully saturated rings. The number of aryl methyl sites for hydroxylation is 1. The molecular formula is C11H12N4OS. The van der Waals surface area contributed by atoms with Crippen molar-refractivity contribution in [3.8, 4) is 0 Å². The van der Waals surface area contributed by atoms with E-state index >= 15 is 0 Å². The van der Waals surface area contributed by atoms with Gasteiger partial charge < -0.3 is 15.6 Å². The van der Waals surface area contributed by atoms with Gasteiger partial charge in [0, 0.05) is 18.2 Å². The number of rotatable bonds is 4. The van der Waals surface area contributed by atoms with Crippen LogP contribution in [0.15, 0.2) is 28.8 Å². The highest BCUT2D eigenvalue weighted by Crippen LogP contribution is 2.10. The number of nitrogens with two attached hydrogens (primary N) is 1. The first-order chi connectivity index (χ1) is 8.15. The molecule has 0 atom stereocenters. The topological polar surface area (TPSA) is 77.0 Å².